The Kier molecular flexibility index (Phi) is 5.40. The van der Waals surface area contributed by atoms with Gasteiger partial charge in [-0.05, 0) is 43.7 Å². The number of piperidine rings is 1. The van der Waals surface area contributed by atoms with Crippen LogP contribution in [0.15, 0.2) is 53.4 Å². The number of sulfonamides is 1. The lowest BCUT2D eigenvalue weighted by Gasteiger charge is -2.53. The van der Waals surface area contributed by atoms with Crippen molar-refractivity contribution < 1.29 is 23.0 Å². The van der Waals surface area contributed by atoms with Crippen molar-refractivity contribution in [2.45, 2.75) is 56.9 Å². The minimum atomic E-state index is -4.03. The molecule has 4 atom stereocenters. The molecule has 1 saturated heterocycles. The molecule has 28 heavy (non-hydrogen) atoms. The van der Waals surface area contributed by atoms with Gasteiger partial charge in [-0.15, -0.1) is 0 Å². The minimum absolute atomic E-state index is 0.0887. The average molecular weight is 408 g/mol. The molecular formula is C21H26FNO4S. The Bertz CT molecular complexity index is 959. The zero-order valence-electron chi connectivity index (χ0n) is 16.4. The lowest BCUT2D eigenvalue weighted by molar-refractivity contribution is -0.141. The second kappa shape index (κ2) is 7.22. The van der Waals surface area contributed by atoms with Gasteiger partial charge in [0.05, 0.1) is 17.0 Å². The minimum Gasteiger partial charge on any atom is -0.390 e. The van der Waals surface area contributed by atoms with Gasteiger partial charge < -0.3 is 10.2 Å². The molecular weight excluding hydrogens is 381 g/mol. The molecule has 152 valence electrons. The van der Waals surface area contributed by atoms with Gasteiger partial charge in [0.2, 0.25) is 10.0 Å². The lowest BCUT2D eigenvalue weighted by atomic mass is 9.71. The van der Waals surface area contributed by atoms with Gasteiger partial charge in [-0.25, -0.2) is 12.8 Å². The molecule has 1 aliphatic rings. The van der Waals surface area contributed by atoms with Crippen molar-refractivity contribution in [2.75, 3.05) is 0 Å². The van der Waals surface area contributed by atoms with Crippen molar-refractivity contribution in [2.24, 2.45) is 5.41 Å². The number of aryl methyl sites for hydroxylation is 1. The fraction of sp³-hybridized carbons (Fsp3) is 0.429. The highest BCUT2D eigenvalue weighted by Gasteiger charge is 2.55. The fourth-order valence-corrected chi connectivity index (χ4v) is 5.76. The molecule has 0 bridgehead atoms. The number of aliphatic hydroxyl groups excluding tert-OH is 2. The summed E-state index contributed by atoms with van der Waals surface area (Å²) in [7, 11) is -4.03. The van der Waals surface area contributed by atoms with Crippen LogP contribution in [0.1, 0.15) is 37.9 Å². The Morgan fingerprint density at radius 3 is 2.25 bits per heavy atom. The molecule has 7 heteroatoms. The average Bonchev–Trinajstić information content (AvgIpc) is 2.63. The van der Waals surface area contributed by atoms with Gasteiger partial charge in [-0.2, -0.15) is 4.31 Å². The maximum atomic E-state index is 13.9. The van der Waals surface area contributed by atoms with Crippen molar-refractivity contribution in [3.8, 4) is 0 Å². The van der Waals surface area contributed by atoms with Crippen LogP contribution in [0.5, 0.6) is 0 Å². The van der Waals surface area contributed by atoms with E-state index in [1.165, 1.54) is 34.6 Å². The first-order valence-electron chi connectivity index (χ1n) is 9.19. The molecule has 0 amide bonds. The third-order valence-electron chi connectivity index (χ3n) is 5.93. The maximum Gasteiger partial charge on any atom is 0.243 e. The highest BCUT2D eigenvalue weighted by atomic mass is 32.2. The van der Waals surface area contributed by atoms with Crippen LogP contribution >= 0.6 is 0 Å². The molecule has 1 aliphatic heterocycles. The summed E-state index contributed by atoms with van der Waals surface area (Å²) in [5, 5.41) is 21.6. The topological polar surface area (TPSA) is 77.8 Å². The third-order valence-corrected chi connectivity index (χ3v) is 7.89. The van der Waals surface area contributed by atoms with Gasteiger partial charge in [0, 0.05) is 11.5 Å². The lowest BCUT2D eigenvalue weighted by Crippen LogP contribution is -2.64. The van der Waals surface area contributed by atoms with Crippen LogP contribution < -0.4 is 0 Å². The summed E-state index contributed by atoms with van der Waals surface area (Å²) in [4.78, 5) is 0.0887. The molecule has 5 nitrogen and oxygen atoms in total. The summed E-state index contributed by atoms with van der Waals surface area (Å²) < 4.78 is 42.2. The largest absolute Gasteiger partial charge is 0.390 e. The number of halogens is 1. The molecule has 0 aliphatic carbocycles. The number of hydrogen-bond acceptors (Lipinski definition) is 4. The summed E-state index contributed by atoms with van der Waals surface area (Å²) in [5.74, 6) is -0.538. The fourth-order valence-electron chi connectivity index (χ4n) is 3.80. The van der Waals surface area contributed by atoms with E-state index in [9.17, 15) is 23.0 Å². The van der Waals surface area contributed by atoms with E-state index in [0.717, 1.165) is 5.56 Å². The molecule has 2 aromatic rings. The Morgan fingerprint density at radius 1 is 1.07 bits per heavy atom. The van der Waals surface area contributed by atoms with Crippen molar-refractivity contribution in [3.63, 3.8) is 0 Å². The Labute approximate surface area is 165 Å². The summed E-state index contributed by atoms with van der Waals surface area (Å²) in [6.45, 7) is 6.99. The van der Waals surface area contributed by atoms with Gasteiger partial charge in [0.1, 0.15) is 11.9 Å². The second-order valence-electron chi connectivity index (χ2n) is 8.08. The van der Waals surface area contributed by atoms with Crippen molar-refractivity contribution in [1.82, 2.24) is 4.31 Å². The number of hydrogen-bond donors (Lipinski definition) is 2. The first kappa shape index (κ1) is 20.9. The van der Waals surface area contributed by atoms with E-state index in [2.05, 4.69) is 0 Å². The number of benzene rings is 2. The van der Waals surface area contributed by atoms with Gasteiger partial charge >= 0.3 is 0 Å². The molecule has 0 radical (unpaired) electrons. The van der Waals surface area contributed by atoms with E-state index >= 15 is 0 Å². The smallest absolute Gasteiger partial charge is 0.243 e. The first-order chi connectivity index (χ1) is 13.0. The summed E-state index contributed by atoms with van der Waals surface area (Å²) in [6.07, 6.45) is -2.59. The van der Waals surface area contributed by atoms with Gasteiger partial charge in [0.25, 0.3) is 0 Å². The monoisotopic (exact) mass is 407 g/mol. The molecule has 3 rings (SSSR count). The quantitative estimate of drug-likeness (QED) is 0.820. The predicted molar refractivity (Wildman–Crippen MR) is 105 cm³/mol. The van der Waals surface area contributed by atoms with Gasteiger partial charge in [0.15, 0.2) is 0 Å². The molecule has 0 aromatic heterocycles. The van der Waals surface area contributed by atoms with E-state index in [4.69, 9.17) is 0 Å². The van der Waals surface area contributed by atoms with Crippen LogP contribution in [0.4, 0.5) is 4.39 Å². The maximum absolute atomic E-state index is 13.9. The molecule has 1 fully saturated rings. The first-order valence-corrected chi connectivity index (χ1v) is 10.6. The standard InChI is InChI=1S/C21H26FNO4S/c1-13-8-10-17(11-9-13)28(26,27)23-14(2)21(3,4)20(25)19(24)18(23)15-6-5-7-16(22)12-15/h5-12,14,18-20,24-25H,1-4H3/t14-,18+,19+,20+/m1/s1. The molecule has 1 heterocycles. The number of nitrogens with zero attached hydrogens (tertiary/aromatic N) is 1. The Balaban J connectivity index is 2.21. The number of rotatable bonds is 3. The Hall–Kier alpha value is -1.80. The van der Waals surface area contributed by atoms with E-state index in [1.807, 2.05) is 6.92 Å². The molecule has 2 N–H and O–H groups in total. The van der Waals surface area contributed by atoms with Crippen LogP contribution in [0.3, 0.4) is 0 Å². The van der Waals surface area contributed by atoms with Gasteiger partial charge in [-0.3, -0.25) is 0 Å². The highest BCUT2D eigenvalue weighted by molar-refractivity contribution is 7.89. The van der Waals surface area contributed by atoms with E-state index in [-0.39, 0.29) is 4.90 Å². The zero-order valence-corrected chi connectivity index (χ0v) is 17.2. The van der Waals surface area contributed by atoms with Crippen molar-refractivity contribution in [1.29, 1.82) is 0 Å². The van der Waals surface area contributed by atoms with E-state index in [0.29, 0.717) is 5.56 Å². The molecule has 2 aromatic carbocycles. The highest BCUT2D eigenvalue weighted by Crippen LogP contribution is 2.47. The summed E-state index contributed by atoms with van der Waals surface area (Å²) in [6, 6.07) is 10.2. The molecule has 0 spiro atoms. The summed E-state index contributed by atoms with van der Waals surface area (Å²) in [5.41, 5.74) is 0.300. The van der Waals surface area contributed by atoms with Gasteiger partial charge in [-0.1, -0.05) is 43.7 Å². The van der Waals surface area contributed by atoms with Crippen molar-refractivity contribution >= 4 is 10.0 Å². The molecule has 0 saturated carbocycles. The normalized spacial score (nSPS) is 28.2. The van der Waals surface area contributed by atoms with Crippen LogP contribution in [0, 0.1) is 18.2 Å². The molecule has 0 unspecified atom stereocenters. The summed E-state index contributed by atoms with van der Waals surface area (Å²) >= 11 is 0. The van der Waals surface area contributed by atoms with Crippen LogP contribution in [-0.4, -0.2) is 41.2 Å². The van der Waals surface area contributed by atoms with Crippen LogP contribution in [0.2, 0.25) is 0 Å². The van der Waals surface area contributed by atoms with E-state index < -0.39 is 45.5 Å². The van der Waals surface area contributed by atoms with E-state index in [1.54, 1.807) is 39.0 Å². The van der Waals surface area contributed by atoms with Crippen molar-refractivity contribution in [3.05, 3.63) is 65.5 Å². The van der Waals surface area contributed by atoms with Crippen LogP contribution in [0.25, 0.3) is 0 Å². The second-order valence-corrected chi connectivity index (χ2v) is 9.92. The SMILES string of the molecule is Cc1ccc(S(=O)(=O)N2[C@@H](c3cccc(F)c3)[C@H](O)[C@H](O)C(C)(C)[C@H]2C)cc1. The Morgan fingerprint density at radius 2 is 1.68 bits per heavy atom. The third kappa shape index (κ3) is 3.37. The number of aliphatic hydroxyl groups is 2. The van der Waals surface area contributed by atoms with Crippen LogP contribution in [-0.2, 0) is 10.0 Å². The zero-order chi connectivity index (χ0) is 20.9. The predicted octanol–water partition coefficient (Wildman–Crippen LogP) is 3.02.